The first kappa shape index (κ1) is 15.5. The Morgan fingerprint density at radius 3 is 2.55 bits per heavy atom. The van der Waals surface area contributed by atoms with Gasteiger partial charge in [0.25, 0.3) is 10.0 Å². The lowest BCUT2D eigenvalue weighted by Crippen LogP contribution is -2.14. The van der Waals surface area contributed by atoms with E-state index in [1.54, 1.807) is 0 Å². The average molecular weight is 400 g/mol. The van der Waals surface area contributed by atoms with E-state index in [0.29, 0.717) is 0 Å². The minimum absolute atomic E-state index is 0.0156. The highest BCUT2D eigenvalue weighted by Crippen LogP contribution is 2.34. The molecule has 0 spiro atoms. The van der Waals surface area contributed by atoms with Crippen LogP contribution in [0.15, 0.2) is 40.0 Å². The van der Waals surface area contributed by atoms with Gasteiger partial charge in [0.05, 0.1) is 15.7 Å². The van der Waals surface area contributed by atoms with Gasteiger partial charge in [-0.1, -0.05) is 23.2 Å². The summed E-state index contributed by atoms with van der Waals surface area (Å²) in [5.74, 6) is -0.593. The van der Waals surface area contributed by atoms with Crippen molar-refractivity contribution in [3.05, 3.63) is 50.9 Å². The Kier molecular flexibility index (Phi) is 4.53. The summed E-state index contributed by atoms with van der Waals surface area (Å²) in [6, 6.07) is 3.43. The standard InChI is InChI=1S/C11H6BrCl2FN2O2S/c12-7-3-6(15)4-9(14)11(7)17-20(18,19)10-5-16-2-1-8(10)13/h1-5,17H. The Labute approximate surface area is 133 Å². The highest BCUT2D eigenvalue weighted by Gasteiger charge is 2.21. The Morgan fingerprint density at radius 2 is 1.95 bits per heavy atom. The quantitative estimate of drug-likeness (QED) is 0.845. The van der Waals surface area contributed by atoms with Crippen molar-refractivity contribution in [2.24, 2.45) is 0 Å². The third-order valence-electron chi connectivity index (χ3n) is 2.27. The van der Waals surface area contributed by atoms with E-state index >= 15 is 0 Å². The SMILES string of the molecule is O=S(=O)(Nc1c(Cl)cc(F)cc1Br)c1cnccc1Cl. The summed E-state index contributed by atoms with van der Waals surface area (Å²) in [6.45, 7) is 0. The number of aromatic nitrogens is 1. The van der Waals surface area contributed by atoms with E-state index in [1.165, 1.54) is 12.3 Å². The van der Waals surface area contributed by atoms with Crippen LogP contribution in [0, 0.1) is 5.82 Å². The summed E-state index contributed by atoms with van der Waals surface area (Å²) in [6.07, 6.45) is 2.47. The van der Waals surface area contributed by atoms with E-state index in [4.69, 9.17) is 23.2 Å². The van der Waals surface area contributed by atoms with Crippen LogP contribution in [0.2, 0.25) is 10.0 Å². The zero-order chi connectivity index (χ0) is 14.9. The maximum atomic E-state index is 13.1. The molecular formula is C11H6BrCl2FN2O2S. The molecule has 9 heteroatoms. The van der Waals surface area contributed by atoms with E-state index in [9.17, 15) is 12.8 Å². The molecule has 0 atom stereocenters. The van der Waals surface area contributed by atoms with Gasteiger partial charge in [0.15, 0.2) is 0 Å². The van der Waals surface area contributed by atoms with Gasteiger partial charge >= 0.3 is 0 Å². The van der Waals surface area contributed by atoms with Gasteiger partial charge in [0.1, 0.15) is 10.7 Å². The number of sulfonamides is 1. The molecule has 1 aromatic heterocycles. The Hall–Kier alpha value is -0.890. The van der Waals surface area contributed by atoms with Crippen LogP contribution >= 0.6 is 39.1 Å². The van der Waals surface area contributed by atoms with Crippen molar-refractivity contribution in [3.8, 4) is 0 Å². The number of rotatable bonds is 3. The molecule has 0 radical (unpaired) electrons. The number of halogens is 4. The molecular weight excluding hydrogens is 394 g/mol. The number of benzene rings is 1. The first-order valence-electron chi connectivity index (χ1n) is 5.08. The minimum atomic E-state index is -3.98. The third kappa shape index (κ3) is 3.22. The second-order valence-electron chi connectivity index (χ2n) is 3.66. The molecule has 20 heavy (non-hydrogen) atoms. The molecule has 0 saturated carbocycles. The molecule has 0 fully saturated rings. The van der Waals surface area contributed by atoms with Crippen molar-refractivity contribution >= 4 is 54.8 Å². The smallest absolute Gasteiger partial charge is 0.265 e. The minimum Gasteiger partial charge on any atom is -0.277 e. The average Bonchev–Trinajstić information content (AvgIpc) is 2.34. The van der Waals surface area contributed by atoms with E-state index in [2.05, 4.69) is 25.6 Å². The molecule has 1 aromatic carbocycles. The predicted molar refractivity (Wildman–Crippen MR) is 79.2 cm³/mol. The summed E-state index contributed by atoms with van der Waals surface area (Å²) in [4.78, 5) is 3.50. The van der Waals surface area contributed by atoms with Gasteiger partial charge in [0, 0.05) is 16.9 Å². The molecule has 4 nitrogen and oxygen atoms in total. The molecule has 2 rings (SSSR count). The maximum Gasteiger partial charge on any atom is 0.265 e. The van der Waals surface area contributed by atoms with Crippen LogP contribution in [0.4, 0.5) is 10.1 Å². The second-order valence-corrected chi connectivity index (χ2v) is 6.98. The zero-order valence-corrected chi connectivity index (χ0v) is 13.5. The molecule has 0 aliphatic carbocycles. The highest BCUT2D eigenvalue weighted by atomic mass is 79.9. The van der Waals surface area contributed by atoms with Crippen LogP contribution in [0.5, 0.6) is 0 Å². The first-order chi connectivity index (χ1) is 9.31. The van der Waals surface area contributed by atoms with Crippen molar-refractivity contribution in [3.63, 3.8) is 0 Å². The van der Waals surface area contributed by atoms with Gasteiger partial charge in [-0.05, 0) is 34.1 Å². The molecule has 0 amide bonds. The fraction of sp³-hybridized carbons (Fsp3) is 0. The number of hydrogen-bond acceptors (Lipinski definition) is 3. The van der Waals surface area contributed by atoms with E-state index in [0.717, 1.165) is 18.3 Å². The van der Waals surface area contributed by atoms with Crippen LogP contribution in [0.3, 0.4) is 0 Å². The van der Waals surface area contributed by atoms with E-state index in [1.807, 2.05) is 0 Å². The number of hydrogen-bond donors (Lipinski definition) is 1. The Balaban J connectivity index is 2.47. The summed E-state index contributed by atoms with van der Waals surface area (Å²) in [5.41, 5.74) is 0.0213. The van der Waals surface area contributed by atoms with Crippen LogP contribution in [-0.4, -0.2) is 13.4 Å². The molecule has 0 aliphatic rings. The summed E-state index contributed by atoms with van der Waals surface area (Å²) >= 11 is 14.7. The molecule has 2 aromatic rings. The molecule has 1 heterocycles. The molecule has 106 valence electrons. The van der Waals surface area contributed by atoms with Crippen LogP contribution in [-0.2, 0) is 10.0 Å². The Bertz CT molecular complexity index is 748. The lowest BCUT2D eigenvalue weighted by molar-refractivity contribution is 0.600. The molecule has 1 N–H and O–H groups in total. The third-order valence-corrected chi connectivity index (χ3v) is 5.01. The van der Waals surface area contributed by atoms with Crippen LogP contribution in [0.1, 0.15) is 0 Å². The second kappa shape index (κ2) is 5.85. The monoisotopic (exact) mass is 398 g/mol. The number of nitrogens with zero attached hydrogens (tertiary/aromatic N) is 1. The number of anilines is 1. The van der Waals surface area contributed by atoms with Gasteiger partial charge in [0.2, 0.25) is 0 Å². The predicted octanol–water partition coefficient (Wildman–Crippen LogP) is 4.09. The largest absolute Gasteiger partial charge is 0.277 e. The topological polar surface area (TPSA) is 59.1 Å². The molecule has 0 saturated heterocycles. The number of nitrogens with one attached hydrogen (secondary N) is 1. The van der Waals surface area contributed by atoms with Crippen molar-refractivity contribution in [2.45, 2.75) is 4.90 Å². The van der Waals surface area contributed by atoms with Crippen LogP contribution < -0.4 is 4.72 Å². The lowest BCUT2D eigenvalue weighted by atomic mass is 10.3. The summed E-state index contributed by atoms with van der Waals surface area (Å²) in [7, 11) is -3.98. The normalized spacial score (nSPS) is 11.4. The van der Waals surface area contributed by atoms with Gasteiger partial charge in [-0.3, -0.25) is 9.71 Å². The number of pyridine rings is 1. The molecule has 0 unspecified atom stereocenters. The molecule has 0 bridgehead atoms. The van der Waals surface area contributed by atoms with Crippen molar-refractivity contribution in [1.82, 2.24) is 4.98 Å². The molecule has 0 aliphatic heterocycles. The fourth-order valence-electron chi connectivity index (χ4n) is 1.39. The van der Waals surface area contributed by atoms with Gasteiger partial charge in [-0.2, -0.15) is 0 Å². The van der Waals surface area contributed by atoms with Gasteiger partial charge in [-0.15, -0.1) is 0 Å². The summed E-state index contributed by atoms with van der Waals surface area (Å²) < 4.78 is 39.9. The zero-order valence-electron chi connectivity index (χ0n) is 9.57. The van der Waals surface area contributed by atoms with E-state index in [-0.39, 0.29) is 25.1 Å². The van der Waals surface area contributed by atoms with Crippen molar-refractivity contribution in [1.29, 1.82) is 0 Å². The fourth-order valence-corrected chi connectivity index (χ4v) is 4.01. The summed E-state index contributed by atoms with van der Waals surface area (Å²) in [5, 5.41) is -0.0673. The lowest BCUT2D eigenvalue weighted by Gasteiger charge is -2.12. The maximum absolute atomic E-state index is 13.1. The van der Waals surface area contributed by atoms with Gasteiger partial charge in [-0.25, -0.2) is 12.8 Å². The highest BCUT2D eigenvalue weighted by molar-refractivity contribution is 9.10. The van der Waals surface area contributed by atoms with Crippen molar-refractivity contribution in [2.75, 3.05) is 4.72 Å². The van der Waals surface area contributed by atoms with Gasteiger partial charge < -0.3 is 0 Å². The van der Waals surface area contributed by atoms with E-state index < -0.39 is 15.8 Å². The van der Waals surface area contributed by atoms with Crippen molar-refractivity contribution < 1.29 is 12.8 Å². The first-order valence-corrected chi connectivity index (χ1v) is 8.11. The Morgan fingerprint density at radius 1 is 1.25 bits per heavy atom. The van der Waals surface area contributed by atoms with Crippen LogP contribution in [0.25, 0.3) is 0 Å².